The fourth-order valence-corrected chi connectivity index (χ4v) is 5.54. The Morgan fingerprint density at radius 3 is 2.39 bits per heavy atom. The number of carboxylic acids is 1. The van der Waals surface area contributed by atoms with Gasteiger partial charge in [-0.05, 0) is 31.5 Å². The van der Waals surface area contributed by atoms with Gasteiger partial charge in [0, 0.05) is 36.3 Å². The number of hydrogen-bond donors (Lipinski definition) is 8. The number of pyridine rings is 1. The number of aliphatic carboxylic acids is 1. The Morgan fingerprint density at radius 1 is 1.14 bits per heavy atom. The van der Waals surface area contributed by atoms with Crippen molar-refractivity contribution in [2.75, 3.05) is 12.3 Å². The quantitative estimate of drug-likeness (QED) is 0.0434. The van der Waals surface area contributed by atoms with Gasteiger partial charge in [0.1, 0.15) is 17.4 Å². The second-order valence-corrected chi connectivity index (χ2v) is 12.9. The summed E-state index contributed by atoms with van der Waals surface area (Å²) in [5, 5.41) is 30.7. The van der Waals surface area contributed by atoms with Gasteiger partial charge < -0.3 is 41.7 Å². The molecule has 2 aromatic heterocycles. The Labute approximate surface area is 279 Å². The minimum Gasteiger partial charge on any atom is -0.503 e. The second kappa shape index (κ2) is 14.1. The maximum absolute atomic E-state index is 13.2. The molecule has 3 aromatic rings. The summed E-state index contributed by atoms with van der Waals surface area (Å²) in [4.78, 5) is 85.5. The summed E-state index contributed by atoms with van der Waals surface area (Å²) in [5.41, 5.74) is 2.78. The number of hydrogen-bond acceptors (Lipinski definition) is 14. The molecular weight excluding hydrogens is 692 g/mol. The molecule has 0 spiro atoms. The number of nitrogen functional groups attached to an aromatic ring is 1. The van der Waals surface area contributed by atoms with E-state index in [1.54, 1.807) is 0 Å². The molecule has 260 valence electrons. The number of carbonyl (C=O) groups is 5. The molecular formula is C27H28N8O12S2. The molecule has 20 nitrogen and oxygen atoms in total. The number of aromatic amines is 1. The van der Waals surface area contributed by atoms with Crippen LogP contribution in [-0.4, -0.2) is 97.0 Å². The maximum atomic E-state index is 13.2. The minimum atomic E-state index is -5.13. The largest absolute Gasteiger partial charge is 0.503 e. The molecule has 22 heteroatoms. The Morgan fingerprint density at radius 2 is 1.82 bits per heavy atom. The minimum absolute atomic E-state index is 0.00382. The van der Waals surface area contributed by atoms with Crippen LogP contribution in [0, 0.1) is 0 Å². The van der Waals surface area contributed by atoms with Crippen LogP contribution in [0.4, 0.5) is 5.13 Å². The molecule has 9 N–H and O–H groups in total. The van der Waals surface area contributed by atoms with Crippen LogP contribution in [0.3, 0.4) is 0 Å². The number of H-pyrrole nitrogens is 1. The maximum Gasteiger partial charge on any atom is 0.362 e. The lowest BCUT2D eigenvalue weighted by molar-refractivity contribution is -0.161. The summed E-state index contributed by atoms with van der Waals surface area (Å²) in [6.07, 6.45) is 0.973. The number of aromatic hydroxyl groups is 1. The van der Waals surface area contributed by atoms with E-state index in [-0.39, 0.29) is 32.9 Å². The van der Waals surface area contributed by atoms with Gasteiger partial charge in [-0.25, -0.2) is 14.1 Å². The van der Waals surface area contributed by atoms with Crippen molar-refractivity contribution in [2.45, 2.75) is 38.1 Å². The Balaban J connectivity index is 1.43. The average molecular weight is 721 g/mol. The lowest BCUT2D eigenvalue weighted by Crippen LogP contribution is -2.74. The SMILES string of the molecule is CC(C)(ON=C(C(=O)NC1C(=O)N(S(=O)(=O)O)C1CNC(=O)c1ccc(CNC(=O)c2cc(=O)c(O)c[nH]2)cc1)c1csc(N)n1)C(=O)O. The number of rotatable bonds is 13. The number of carbonyl (C=O) groups excluding carboxylic acids is 4. The number of anilines is 1. The van der Waals surface area contributed by atoms with E-state index in [1.807, 2.05) is 0 Å². The summed E-state index contributed by atoms with van der Waals surface area (Å²) in [7, 11) is -5.13. The van der Waals surface area contributed by atoms with E-state index in [4.69, 9.17) is 10.6 Å². The van der Waals surface area contributed by atoms with Crippen molar-refractivity contribution < 1.29 is 52.0 Å². The molecule has 1 saturated heterocycles. The van der Waals surface area contributed by atoms with Crippen LogP contribution >= 0.6 is 11.3 Å². The summed E-state index contributed by atoms with van der Waals surface area (Å²) >= 11 is 0.908. The van der Waals surface area contributed by atoms with Crippen LogP contribution in [0.25, 0.3) is 0 Å². The molecule has 3 heterocycles. The fourth-order valence-electron chi connectivity index (χ4n) is 4.12. The van der Waals surface area contributed by atoms with Crippen LogP contribution in [-0.2, 0) is 36.1 Å². The first-order valence-corrected chi connectivity index (χ1v) is 16.1. The molecule has 0 bridgehead atoms. The number of amides is 4. The first-order chi connectivity index (χ1) is 22.9. The van der Waals surface area contributed by atoms with Crippen LogP contribution in [0.15, 0.2) is 51.9 Å². The highest BCUT2D eigenvalue weighted by atomic mass is 32.2. The van der Waals surface area contributed by atoms with E-state index in [2.05, 4.69) is 31.1 Å². The number of carboxylic acid groups (broad SMARTS) is 1. The standard InChI is InChI=1S/C27H28N8O12S2/c1-27(2,25(42)43)47-34-19(15-11-48-26(28)32-15)23(40)33-20-16(35(24(20)41)49(44,45)46)9-31-21(38)13-5-3-12(4-6-13)8-30-22(39)14-7-17(36)18(37)10-29-14/h3-7,10-11,16,20,37H,8-9H2,1-2H3,(H2,28,32)(H,29,36)(H,30,39)(H,31,38)(H,33,40)(H,42,43)(H,44,45,46). The predicted molar refractivity (Wildman–Crippen MR) is 169 cm³/mol. The third-order valence-electron chi connectivity index (χ3n) is 6.84. The lowest BCUT2D eigenvalue weighted by atomic mass is 9.98. The van der Waals surface area contributed by atoms with Gasteiger partial charge in [0.2, 0.25) is 11.0 Å². The number of nitrogens with two attached hydrogens (primary N) is 1. The molecule has 1 aliphatic heterocycles. The van der Waals surface area contributed by atoms with Gasteiger partial charge in [-0.1, -0.05) is 17.3 Å². The normalized spacial score (nSPS) is 16.3. The third-order valence-corrected chi connectivity index (χ3v) is 8.46. The van der Waals surface area contributed by atoms with Gasteiger partial charge in [0.05, 0.1) is 6.04 Å². The van der Waals surface area contributed by atoms with Crippen LogP contribution in [0.2, 0.25) is 0 Å². The summed E-state index contributed by atoms with van der Waals surface area (Å²) in [5.74, 6) is -5.73. The number of oxime groups is 1. The topological polar surface area (TPSA) is 313 Å². The molecule has 1 aromatic carbocycles. The summed E-state index contributed by atoms with van der Waals surface area (Å²) < 4.78 is 33.6. The molecule has 0 aliphatic carbocycles. The highest BCUT2D eigenvalue weighted by molar-refractivity contribution is 7.84. The molecule has 1 fully saturated rings. The number of nitrogens with one attached hydrogen (secondary N) is 4. The smallest absolute Gasteiger partial charge is 0.362 e. The monoisotopic (exact) mass is 720 g/mol. The lowest BCUT2D eigenvalue weighted by Gasteiger charge is -2.44. The highest BCUT2D eigenvalue weighted by Crippen LogP contribution is 2.24. The van der Waals surface area contributed by atoms with E-state index in [1.165, 1.54) is 29.6 Å². The van der Waals surface area contributed by atoms with Crippen molar-refractivity contribution >= 4 is 62.1 Å². The Hall–Kier alpha value is -5.87. The first kappa shape index (κ1) is 36.0. The fraction of sp³-hybridized carbons (Fsp3) is 0.259. The molecule has 0 radical (unpaired) electrons. The Bertz CT molecular complexity index is 2010. The summed E-state index contributed by atoms with van der Waals surface area (Å²) in [6.45, 7) is 1.72. The molecule has 4 rings (SSSR count). The van der Waals surface area contributed by atoms with E-state index in [0.29, 0.717) is 5.56 Å². The summed E-state index contributed by atoms with van der Waals surface area (Å²) in [6, 6.07) is 3.56. The third kappa shape index (κ3) is 8.35. The van der Waals surface area contributed by atoms with Crippen LogP contribution in [0.1, 0.15) is 46.0 Å². The molecule has 1 aliphatic rings. The van der Waals surface area contributed by atoms with Gasteiger partial charge in [0.15, 0.2) is 16.6 Å². The van der Waals surface area contributed by atoms with Gasteiger partial charge in [0.25, 0.3) is 23.6 Å². The number of thiazole rings is 1. The van der Waals surface area contributed by atoms with E-state index in [0.717, 1.165) is 37.4 Å². The Kier molecular flexibility index (Phi) is 10.3. The van der Waals surface area contributed by atoms with Crippen molar-refractivity contribution in [2.24, 2.45) is 5.16 Å². The number of nitrogens with zero attached hydrogens (tertiary/aromatic N) is 3. The second-order valence-electron chi connectivity index (χ2n) is 10.7. The van der Waals surface area contributed by atoms with Crippen molar-refractivity contribution in [3.63, 3.8) is 0 Å². The van der Waals surface area contributed by atoms with Crippen molar-refractivity contribution in [1.82, 2.24) is 30.2 Å². The first-order valence-electron chi connectivity index (χ1n) is 13.8. The number of aromatic nitrogens is 2. The zero-order valence-electron chi connectivity index (χ0n) is 25.4. The van der Waals surface area contributed by atoms with Crippen LogP contribution in [0.5, 0.6) is 5.75 Å². The van der Waals surface area contributed by atoms with Crippen molar-refractivity contribution in [1.29, 1.82) is 0 Å². The molecule has 2 unspecified atom stereocenters. The predicted octanol–water partition coefficient (Wildman–Crippen LogP) is -1.44. The number of benzene rings is 1. The van der Waals surface area contributed by atoms with Gasteiger partial charge >= 0.3 is 16.3 Å². The average Bonchev–Trinajstić information content (AvgIpc) is 3.46. The van der Waals surface area contributed by atoms with Crippen molar-refractivity contribution in [3.8, 4) is 5.75 Å². The zero-order valence-corrected chi connectivity index (χ0v) is 27.0. The van der Waals surface area contributed by atoms with Gasteiger partial charge in [-0.3, -0.25) is 28.5 Å². The van der Waals surface area contributed by atoms with E-state index in [9.17, 15) is 52.0 Å². The molecule has 4 amide bonds. The van der Waals surface area contributed by atoms with E-state index < -0.39 is 81.0 Å². The number of β-lactam (4-membered cyclic amide) rings is 1. The molecule has 49 heavy (non-hydrogen) atoms. The van der Waals surface area contributed by atoms with Gasteiger partial charge in [-0.15, -0.1) is 11.3 Å². The zero-order chi connectivity index (χ0) is 36.3. The van der Waals surface area contributed by atoms with Gasteiger partial charge in [-0.2, -0.15) is 8.42 Å². The molecule has 2 atom stereocenters. The van der Waals surface area contributed by atoms with Crippen LogP contribution < -0.4 is 27.1 Å². The van der Waals surface area contributed by atoms with E-state index >= 15 is 0 Å². The highest BCUT2D eigenvalue weighted by Gasteiger charge is 2.54. The molecule has 0 saturated carbocycles. The van der Waals surface area contributed by atoms with Crippen molar-refractivity contribution in [3.05, 3.63) is 74.6 Å².